The van der Waals surface area contributed by atoms with E-state index in [4.69, 9.17) is 0 Å². The number of carbonyl (C=O) groups excluding carboxylic acids is 2. The van der Waals surface area contributed by atoms with Gasteiger partial charge in [-0.25, -0.2) is 0 Å². The van der Waals surface area contributed by atoms with Crippen LogP contribution in [0.25, 0.3) is 0 Å². The van der Waals surface area contributed by atoms with Crippen molar-refractivity contribution >= 4 is 19.9 Å². The van der Waals surface area contributed by atoms with Crippen molar-refractivity contribution in [3.8, 4) is 0 Å². The van der Waals surface area contributed by atoms with E-state index in [9.17, 15) is 9.59 Å². The van der Waals surface area contributed by atoms with Crippen LogP contribution in [0, 0.1) is 11.8 Å². The van der Waals surface area contributed by atoms with Gasteiger partial charge < -0.3 is 0 Å². The van der Waals surface area contributed by atoms with Crippen LogP contribution in [0.5, 0.6) is 0 Å². The van der Waals surface area contributed by atoms with E-state index in [1.807, 2.05) is 0 Å². The molecule has 0 aromatic heterocycles. The molecule has 3 nitrogen and oxygen atoms in total. The smallest absolute Gasteiger partial charge is 0.232 e. The Morgan fingerprint density at radius 3 is 1.50 bits per heavy atom. The first kappa shape index (κ1) is 17.4. The molecule has 1 aliphatic rings. The number of carbonyl (C=O) groups is 2. The first-order chi connectivity index (χ1) is 8.03. The molecule has 1 fully saturated rings. The highest BCUT2D eigenvalue weighted by atomic mass is 28.3. The van der Waals surface area contributed by atoms with Crippen LogP contribution in [-0.2, 0) is 9.59 Å². The second kappa shape index (κ2) is 6.50. The van der Waals surface area contributed by atoms with Crippen LogP contribution in [0.15, 0.2) is 0 Å². The molecular weight excluding hydrogens is 242 g/mol. The summed E-state index contributed by atoms with van der Waals surface area (Å²) in [5.74, 6) is -0.370. The average Bonchev–Trinajstić information content (AvgIpc) is 2.46. The van der Waals surface area contributed by atoms with E-state index in [2.05, 4.69) is 33.5 Å². The Labute approximate surface area is 113 Å². The quantitative estimate of drug-likeness (QED) is 0.570. The summed E-state index contributed by atoms with van der Waals surface area (Å²) in [6.45, 7) is 15.5. The van der Waals surface area contributed by atoms with Crippen molar-refractivity contribution in [3.05, 3.63) is 0 Å². The molecule has 2 amide bonds. The molecule has 3 unspecified atom stereocenters. The number of hydrogen-bond donors (Lipinski definition) is 0. The van der Waals surface area contributed by atoms with Crippen LogP contribution >= 0.6 is 0 Å². The third-order valence-electron chi connectivity index (χ3n) is 4.28. The number of nitrogens with zero attached hydrogens (tertiary/aromatic N) is 1. The fourth-order valence-electron chi connectivity index (χ4n) is 1.76. The molecule has 0 aromatic carbocycles. The summed E-state index contributed by atoms with van der Waals surface area (Å²) >= 11 is 0. The molecule has 0 saturated carbocycles. The predicted molar refractivity (Wildman–Crippen MR) is 79.2 cm³/mol. The van der Waals surface area contributed by atoms with E-state index in [0.29, 0.717) is 0 Å². The Balaban J connectivity index is 0.000000331. The minimum absolute atomic E-state index is 0.0579. The normalized spacial score (nSPS) is 25.9. The summed E-state index contributed by atoms with van der Waals surface area (Å²) in [5.41, 5.74) is 0.988. The van der Waals surface area contributed by atoms with Gasteiger partial charge in [-0.3, -0.25) is 14.5 Å². The van der Waals surface area contributed by atoms with Gasteiger partial charge in [-0.1, -0.05) is 53.8 Å². The van der Waals surface area contributed by atoms with Crippen LogP contribution < -0.4 is 0 Å². The lowest BCUT2D eigenvalue weighted by atomic mass is 10.00. The van der Waals surface area contributed by atoms with E-state index >= 15 is 0 Å². The number of rotatable bonds is 2. The van der Waals surface area contributed by atoms with Crippen LogP contribution in [0.3, 0.4) is 0 Å². The van der Waals surface area contributed by atoms with E-state index in [-0.39, 0.29) is 23.7 Å². The lowest BCUT2D eigenvalue weighted by molar-refractivity contribution is -0.138. The maximum atomic E-state index is 11.0. The first-order valence-electron chi connectivity index (χ1n) is 6.85. The number of likely N-dealkylation sites (tertiary alicyclic amines) is 1. The van der Waals surface area contributed by atoms with Crippen molar-refractivity contribution < 1.29 is 9.59 Å². The van der Waals surface area contributed by atoms with Crippen molar-refractivity contribution in [1.82, 2.24) is 4.90 Å². The van der Waals surface area contributed by atoms with Crippen LogP contribution in [0.1, 0.15) is 34.1 Å². The van der Waals surface area contributed by atoms with Gasteiger partial charge in [0.15, 0.2) is 0 Å². The molecule has 1 aliphatic heterocycles. The van der Waals surface area contributed by atoms with Gasteiger partial charge in [0, 0.05) is 27.0 Å². The summed E-state index contributed by atoms with van der Waals surface area (Å²) < 4.78 is 0. The van der Waals surface area contributed by atoms with E-state index < -0.39 is 8.07 Å². The van der Waals surface area contributed by atoms with Crippen molar-refractivity contribution in [2.75, 3.05) is 7.05 Å². The Morgan fingerprint density at radius 2 is 1.44 bits per heavy atom. The van der Waals surface area contributed by atoms with Crippen molar-refractivity contribution in [3.63, 3.8) is 0 Å². The zero-order chi connectivity index (χ0) is 14.7. The summed E-state index contributed by atoms with van der Waals surface area (Å²) in [7, 11) is 0.772. The van der Waals surface area contributed by atoms with Gasteiger partial charge >= 0.3 is 0 Å². The van der Waals surface area contributed by atoms with Gasteiger partial charge in [-0.2, -0.15) is 0 Å². The Hall–Kier alpha value is -0.643. The average molecular weight is 271 g/mol. The molecule has 4 heteroatoms. The fraction of sp³-hybridized carbons (Fsp3) is 0.857. The fourth-order valence-corrected chi connectivity index (χ4v) is 2.98. The van der Waals surface area contributed by atoms with E-state index in [1.165, 1.54) is 18.4 Å². The molecule has 18 heavy (non-hydrogen) atoms. The molecule has 0 aliphatic carbocycles. The molecule has 3 atom stereocenters. The Morgan fingerprint density at radius 1 is 1.11 bits per heavy atom. The molecule has 1 rings (SSSR count). The lowest BCUT2D eigenvalue weighted by Crippen LogP contribution is -2.25. The van der Waals surface area contributed by atoms with E-state index in [1.54, 1.807) is 13.8 Å². The number of hydrogen-bond acceptors (Lipinski definition) is 2. The molecule has 0 radical (unpaired) electrons. The van der Waals surface area contributed by atoms with Crippen LogP contribution in [0.2, 0.25) is 25.2 Å². The number of imide groups is 1. The van der Waals surface area contributed by atoms with Crippen molar-refractivity contribution in [1.29, 1.82) is 0 Å². The zero-order valence-electron chi connectivity index (χ0n) is 13.2. The minimum Gasteiger partial charge on any atom is -0.285 e. The molecular formula is C14H29NO2Si. The Bertz CT molecular complexity index is 289. The maximum absolute atomic E-state index is 11.0. The summed E-state index contributed by atoms with van der Waals surface area (Å²) in [6, 6.07) is 0. The van der Waals surface area contributed by atoms with Gasteiger partial charge in [0.1, 0.15) is 0 Å². The topological polar surface area (TPSA) is 37.4 Å². The molecule has 0 spiro atoms. The molecule has 1 saturated heterocycles. The van der Waals surface area contributed by atoms with Crippen LogP contribution in [-0.4, -0.2) is 31.8 Å². The highest BCUT2D eigenvalue weighted by molar-refractivity contribution is 6.77. The number of amides is 2. The molecule has 0 bridgehead atoms. The molecule has 0 aromatic rings. The Kier molecular flexibility index (Phi) is 6.27. The molecule has 1 heterocycles. The van der Waals surface area contributed by atoms with E-state index in [0.717, 1.165) is 5.54 Å². The van der Waals surface area contributed by atoms with Crippen molar-refractivity contribution in [2.24, 2.45) is 11.8 Å². The molecule has 0 N–H and O–H groups in total. The summed E-state index contributed by atoms with van der Waals surface area (Å²) in [5, 5.41) is 0. The van der Waals surface area contributed by atoms with Gasteiger partial charge in [0.25, 0.3) is 0 Å². The SMILES string of the molecule is CC1C(=O)N(C)C(=O)C1C.CCC(C)[Si](C)(C)C. The lowest BCUT2D eigenvalue weighted by Gasteiger charge is -2.23. The highest BCUT2D eigenvalue weighted by Gasteiger charge is 2.39. The molecule has 106 valence electrons. The maximum Gasteiger partial charge on any atom is 0.232 e. The van der Waals surface area contributed by atoms with Gasteiger partial charge in [0.05, 0.1) is 0 Å². The third-order valence-corrected chi connectivity index (χ3v) is 7.65. The zero-order valence-corrected chi connectivity index (χ0v) is 14.2. The van der Waals surface area contributed by atoms with Gasteiger partial charge in [-0.15, -0.1) is 0 Å². The summed E-state index contributed by atoms with van der Waals surface area (Å²) in [4.78, 5) is 23.3. The predicted octanol–water partition coefficient (Wildman–Crippen LogP) is 3.38. The summed E-state index contributed by atoms with van der Waals surface area (Å²) in [6.07, 6.45) is 1.36. The highest BCUT2D eigenvalue weighted by Crippen LogP contribution is 2.23. The largest absolute Gasteiger partial charge is 0.285 e. The monoisotopic (exact) mass is 271 g/mol. The van der Waals surface area contributed by atoms with Gasteiger partial charge in [-0.05, 0) is 5.54 Å². The second-order valence-corrected chi connectivity index (χ2v) is 12.2. The second-order valence-electron chi connectivity index (χ2n) is 6.49. The standard InChI is InChI=1S/C7H11NO2.C7H18Si/c1-4-5(2)7(10)8(3)6(4)9;1-6-7(2)8(3,4)5/h4-5H,1-3H3;7H,6H2,1-5H3. The minimum atomic E-state index is -0.761. The van der Waals surface area contributed by atoms with Crippen LogP contribution in [0.4, 0.5) is 0 Å². The van der Waals surface area contributed by atoms with Gasteiger partial charge in [0.2, 0.25) is 11.8 Å². The van der Waals surface area contributed by atoms with Crippen molar-refractivity contribution in [2.45, 2.75) is 59.3 Å². The first-order valence-corrected chi connectivity index (χ1v) is 10.4. The third kappa shape index (κ3) is 4.23.